The van der Waals surface area contributed by atoms with Gasteiger partial charge in [0.15, 0.2) is 5.82 Å². The van der Waals surface area contributed by atoms with E-state index >= 15 is 0 Å². The average Bonchev–Trinajstić information content (AvgIpc) is 2.98. The van der Waals surface area contributed by atoms with Crippen molar-refractivity contribution < 1.29 is 4.79 Å². The number of nitrogens with zero attached hydrogens (tertiary/aromatic N) is 3. The van der Waals surface area contributed by atoms with Crippen molar-refractivity contribution >= 4 is 29.0 Å². The number of nitrogens with two attached hydrogens (primary N) is 2. The molecule has 0 radical (unpaired) electrons. The first-order valence-corrected chi connectivity index (χ1v) is 7.58. The first-order valence-electron chi connectivity index (χ1n) is 7.58. The number of rotatable bonds is 2. The Kier molecular flexibility index (Phi) is 3.08. The number of H-pyrrole nitrogens is 1. The Morgan fingerprint density at radius 1 is 1.29 bits per heavy atom. The summed E-state index contributed by atoms with van der Waals surface area (Å²) in [5.74, 6) is 0.162. The van der Waals surface area contributed by atoms with E-state index in [0.717, 1.165) is 12.2 Å². The van der Waals surface area contributed by atoms with Gasteiger partial charge in [-0.2, -0.15) is 4.98 Å². The van der Waals surface area contributed by atoms with E-state index in [1.807, 2.05) is 17.0 Å². The summed E-state index contributed by atoms with van der Waals surface area (Å²) in [6.45, 7) is 1.99. The largest absolute Gasteiger partial charge is 0.369 e. The summed E-state index contributed by atoms with van der Waals surface area (Å²) >= 11 is 0. The van der Waals surface area contributed by atoms with E-state index in [2.05, 4.69) is 20.2 Å². The smallest absolute Gasteiger partial charge is 0.278 e. The lowest BCUT2D eigenvalue weighted by Gasteiger charge is -2.31. The number of carbonyl (C=O) groups is 1. The summed E-state index contributed by atoms with van der Waals surface area (Å²) in [5.41, 5.74) is 12.6. The van der Waals surface area contributed by atoms with Crippen LogP contribution in [0.15, 0.2) is 29.1 Å². The normalized spacial score (nSPS) is 18.8. The zero-order valence-electron chi connectivity index (χ0n) is 12.8. The van der Waals surface area contributed by atoms with Crippen LogP contribution in [-0.4, -0.2) is 41.7 Å². The number of hydrogen-bond donors (Lipinski definition) is 4. The summed E-state index contributed by atoms with van der Waals surface area (Å²) in [5, 5.41) is 3.17. The molecule has 1 fully saturated rings. The van der Waals surface area contributed by atoms with Crippen LogP contribution in [0.25, 0.3) is 0 Å². The van der Waals surface area contributed by atoms with Gasteiger partial charge in [0.25, 0.3) is 5.56 Å². The van der Waals surface area contributed by atoms with E-state index in [0.29, 0.717) is 30.3 Å². The molecule has 6 N–H and O–H groups in total. The second-order valence-electron chi connectivity index (χ2n) is 5.93. The Hall–Kier alpha value is -3.23. The topological polar surface area (TPSA) is 133 Å². The number of hydrogen-bond acceptors (Lipinski definition) is 7. The Morgan fingerprint density at radius 3 is 2.75 bits per heavy atom. The Bertz CT molecular complexity index is 861. The molecular formula is C15H17N7O2. The minimum absolute atomic E-state index is 0.0998. The highest BCUT2D eigenvalue weighted by molar-refractivity contribution is 5.93. The Labute approximate surface area is 137 Å². The number of aromatic nitrogens is 2. The minimum Gasteiger partial charge on any atom is -0.369 e. The van der Waals surface area contributed by atoms with Gasteiger partial charge in [-0.05, 0) is 24.3 Å². The highest BCUT2D eigenvalue weighted by Crippen LogP contribution is 2.32. The number of primary amides is 1. The zero-order chi connectivity index (χ0) is 16.8. The molecule has 2 aliphatic rings. The van der Waals surface area contributed by atoms with Gasteiger partial charge in [0.2, 0.25) is 11.9 Å². The number of nitrogens with one attached hydrogen (secondary N) is 2. The van der Waals surface area contributed by atoms with Crippen LogP contribution in [0.3, 0.4) is 0 Å². The number of aromatic amines is 1. The van der Waals surface area contributed by atoms with Crippen molar-refractivity contribution in [2.45, 2.75) is 6.04 Å². The third-order valence-electron chi connectivity index (χ3n) is 4.42. The van der Waals surface area contributed by atoms with Crippen molar-refractivity contribution in [3.8, 4) is 0 Å². The number of nitrogen functional groups attached to an aromatic ring is 1. The molecule has 1 amide bonds. The maximum absolute atomic E-state index is 12.3. The number of carbonyl (C=O) groups excluding carboxylic acids is 1. The van der Waals surface area contributed by atoms with Crippen LogP contribution < -0.4 is 32.1 Å². The second-order valence-corrected chi connectivity index (χ2v) is 5.93. The number of benzene rings is 1. The lowest BCUT2D eigenvalue weighted by atomic mass is 10.2. The van der Waals surface area contributed by atoms with Crippen molar-refractivity contribution in [1.82, 2.24) is 9.97 Å². The van der Waals surface area contributed by atoms with Gasteiger partial charge in [-0.3, -0.25) is 14.6 Å². The molecule has 1 aromatic heterocycles. The summed E-state index contributed by atoms with van der Waals surface area (Å²) in [4.78, 5) is 34.3. The van der Waals surface area contributed by atoms with E-state index in [9.17, 15) is 9.59 Å². The third-order valence-corrected chi connectivity index (χ3v) is 4.42. The lowest BCUT2D eigenvalue weighted by molar-refractivity contribution is 0.100. The van der Waals surface area contributed by atoms with Gasteiger partial charge in [-0.25, -0.2) is 0 Å². The van der Waals surface area contributed by atoms with Crippen LogP contribution in [0.1, 0.15) is 10.4 Å². The fraction of sp³-hybridized carbons (Fsp3) is 0.267. The Balaban J connectivity index is 1.64. The van der Waals surface area contributed by atoms with E-state index in [4.69, 9.17) is 11.5 Å². The van der Waals surface area contributed by atoms with E-state index in [1.54, 1.807) is 12.1 Å². The highest BCUT2D eigenvalue weighted by atomic mass is 16.1. The molecular weight excluding hydrogens is 310 g/mol. The fourth-order valence-corrected chi connectivity index (χ4v) is 3.25. The molecule has 0 spiro atoms. The van der Waals surface area contributed by atoms with Crippen molar-refractivity contribution in [3.63, 3.8) is 0 Å². The molecule has 2 aliphatic heterocycles. The number of anilines is 4. The van der Waals surface area contributed by atoms with Crippen LogP contribution in [0.2, 0.25) is 0 Å². The number of amides is 1. The van der Waals surface area contributed by atoms with Gasteiger partial charge in [-0.15, -0.1) is 0 Å². The van der Waals surface area contributed by atoms with Gasteiger partial charge in [-0.1, -0.05) is 0 Å². The standard InChI is InChI=1S/C15H17N7O2/c16-12(23)8-1-3-9(4-2-8)21-6-10-5-18-13-11(22(10)7-21)14(24)20-15(17)19-13/h1-4,10H,5-7H2,(H2,16,23)(H4,17,18,19,20,24)/t10-/m1/s1. The molecule has 1 saturated heterocycles. The summed E-state index contributed by atoms with van der Waals surface area (Å²) in [6, 6.07) is 7.28. The molecule has 2 aromatic rings. The molecule has 1 aromatic carbocycles. The van der Waals surface area contributed by atoms with Gasteiger partial charge < -0.3 is 26.6 Å². The first-order chi connectivity index (χ1) is 11.5. The first kappa shape index (κ1) is 14.4. The van der Waals surface area contributed by atoms with Gasteiger partial charge in [0, 0.05) is 24.3 Å². The predicted molar refractivity (Wildman–Crippen MR) is 91.2 cm³/mol. The van der Waals surface area contributed by atoms with Gasteiger partial charge in [0.1, 0.15) is 5.69 Å². The molecule has 0 bridgehead atoms. The zero-order valence-corrected chi connectivity index (χ0v) is 12.8. The van der Waals surface area contributed by atoms with Crippen LogP contribution in [0.5, 0.6) is 0 Å². The third kappa shape index (κ3) is 2.21. The van der Waals surface area contributed by atoms with Crippen molar-refractivity contribution in [3.05, 3.63) is 40.2 Å². The van der Waals surface area contributed by atoms with Crippen molar-refractivity contribution in [1.29, 1.82) is 0 Å². The van der Waals surface area contributed by atoms with Crippen LogP contribution in [-0.2, 0) is 0 Å². The average molecular weight is 327 g/mol. The summed E-state index contributed by atoms with van der Waals surface area (Å²) in [6.07, 6.45) is 0. The van der Waals surface area contributed by atoms with E-state index in [-0.39, 0.29) is 17.5 Å². The fourth-order valence-electron chi connectivity index (χ4n) is 3.25. The Morgan fingerprint density at radius 2 is 2.04 bits per heavy atom. The van der Waals surface area contributed by atoms with Crippen LogP contribution in [0, 0.1) is 0 Å². The van der Waals surface area contributed by atoms with Crippen LogP contribution >= 0.6 is 0 Å². The predicted octanol–water partition coefficient (Wildman–Crippen LogP) is -0.471. The molecule has 1 atom stereocenters. The molecule has 9 heteroatoms. The molecule has 9 nitrogen and oxygen atoms in total. The van der Waals surface area contributed by atoms with Crippen molar-refractivity contribution in [2.24, 2.45) is 5.73 Å². The van der Waals surface area contributed by atoms with E-state index in [1.165, 1.54) is 0 Å². The quantitative estimate of drug-likeness (QED) is 0.586. The molecule has 3 heterocycles. The van der Waals surface area contributed by atoms with Crippen LogP contribution in [0.4, 0.5) is 23.1 Å². The van der Waals surface area contributed by atoms with Gasteiger partial charge in [0.05, 0.1) is 12.7 Å². The van der Waals surface area contributed by atoms with Crippen molar-refractivity contribution in [2.75, 3.05) is 40.6 Å². The SMILES string of the molecule is NC(=O)c1ccc(N2C[C@H]3CNc4nc(N)[nH]c(=O)c4N3C2)cc1. The van der Waals surface area contributed by atoms with E-state index < -0.39 is 5.91 Å². The number of fused-ring (bicyclic) bond motifs is 3. The molecule has 24 heavy (non-hydrogen) atoms. The molecule has 4 rings (SSSR count). The molecule has 0 saturated carbocycles. The molecule has 0 aliphatic carbocycles. The summed E-state index contributed by atoms with van der Waals surface area (Å²) in [7, 11) is 0. The second kappa shape index (κ2) is 5.15. The lowest BCUT2D eigenvalue weighted by Crippen LogP contribution is -2.44. The van der Waals surface area contributed by atoms with Gasteiger partial charge >= 0.3 is 0 Å². The highest BCUT2D eigenvalue weighted by Gasteiger charge is 2.37. The summed E-state index contributed by atoms with van der Waals surface area (Å²) < 4.78 is 0. The maximum atomic E-state index is 12.3. The maximum Gasteiger partial charge on any atom is 0.278 e. The molecule has 124 valence electrons. The minimum atomic E-state index is -0.450. The molecule has 0 unspecified atom stereocenters. The monoisotopic (exact) mass is 327 g/mol.